The first-order valence-corrected chi connectivity index (χ1v) is 10.8. The van der Waals surface area contributed by atoms with E-state index in [0.717, 1.165) is 12.8 Å². The average Bonchev–Trinajstić information content (AvgIpc) is 2.56. The van der Waals surface area contributed by atoms with Gasteiger partial charge in [0.15, 0.2) is 5.78 Å². The quantitative estimate of drug-likeness (QED) is 0.437. The third-order valence-electron chi connectivity index (χ3n) is 4.01. The predicted molar refractivity (Wildman–Crippen MR) is 99.4 cm³/mol. The maximum atomic E-state index is 13.0. The van der Waals surface area contributed by atoms with Crippen molar-refractivity contribution in [3.63, 3.8) is 0 Å². The van der Waals surface area contributed by atoms with Crippen LogP contribution in [-0.2, 0) is 25.1 Å². The summed E-state index contributed by atoms with van der Waals surface area (Å²) in [4.78, 5) is 23.2. The lowest BCUT2D eigenvalue weighted by atomic mass is 10.0. The number of aryl methyl sites for hydroxylation is 1. The summed E-state index contributed by atoms with van der Waals surface area (Å²) in [5.74, 6) is -1.43. The monoisotopic (exact) mass is 368 g/mol. The molecule has 1 aromatic rings. The van der Waals surface area contributed by atoms with Crippen molar-refractivity contribution in [3.8, 4) is 0 Å². The maximum absolute atomic E-state index is 13.0. The number of rotatable bonds is 12. The van der Waals surface area contributed by atoms with Crippen molar-refractivity contribution < 1.29 is 23.8 Å². The van der Waals surface area contributed by atoms with Crippen molar-refractivity contribution >= 4 is 19.1 Å². The molecule has 0 aliphatic carbocycles. The Morgan fingerprint density at radius 2 is 1.80 bits per heavy atom. The number of carboxylic acid groups (broad SMARTS) is 1. The van der Waals surface area contributed by atoms with Crippen LogP contribution in [0.15, 0.2) is 30.3 Å². The molecule has 0 saturated carbocycles. The summed E-state index contributed by atoms with van der Waals surface area (Å²) < 4.78 is 18.7. The van der Waals surface area contributed by atoms with Crippen LogP contribution in [0.2, 0.25) is 0 Å². The van der Waals surface area contributed by atoms with Gasteiger partial charge < -0.3 is 9.63 Å². The Hall–Kier alpha value is -1.45. The van der Waals surface area contributed by atoms with E-state index in [1.54, 1.807) is 6.92 Å². The molecule has 25 heavy (non-hydrogen) atoms. The highest BCUT2D eigenvalue weighted by Gasteiger charge is 2.34. The number of Topliss-reactive ketones (excluding diaryl/α,β-unsaturated/α-hetero) is 1. The molecule has 0 amide bonds. The minimum atomic E-state index is -3.39. The number of unbranched alkanes of at least 4 members (excludes halogenated alkanes) is 1. The summed E-state index contributed by atoms with van der Waals surface area (Å²) in [5.41, 5.74) is 1.19. The highest BCUT2D eigenvalue weighted by Crippen LogP contribution is 2.49. The second kappa shape index (κ2) is 10.5. The van der Waals surface area contributed by atoms with Gasteiger partial charge in [-0.2, -0.15) is 0 Å². The first-order chi connectivity index (χ1) is 11.8. The Labute approximate surface area is 150 Å². The molecule has 6 heteroatoms. The zero-order chi connectivity index (χ0) is 18.9. The van der Waals surface area contributed by atoms with Crippen molar-refractivity contribution in [1.29, 1.82) is 0 Å². The summed E-state index contributed by atoms with van der Waals surface area (Å²) in [6, 6.07) is 9.95. The topological polar surface area (TPSA) is 80.7 Å². The van der Waals surface area contributed by atoms with E-state index < -0.39 is 25.6 Å². The van der Waals surface area contributed by atoms with Crippen LogP contribution in [-0.4, -0.2) is 35.3 Å². The first kappa shape index (κ1) is 21.6. The van der Waals surface area contributed by atoms with Gasteiger partial charge in [-0.15, -0.1) is 0 Å². The van der Waals surface area contributed by atoms with Gasteiger partial charge in [0, 0.05) is 12.6 Å². The lowest BCUT2D eigenvalue weighted by Crippen LogP contribution is -2.29. The Morgan fingerprint density at radius 1 is 1.16 bits per heavy atom. The second-order valence-electron chi connectivity index (χ2n) is 6.62. The molecule has 0 fully saturated rings. The smallest absolute Gasteiger partial charge is 0.313 e. The van der Waals surface area contributed by atoms with Crippen molar-refractivity contribution in [2.45, 2.75) is 52.6 Å². The largest absolute Gasteiger partial charge is 0.481 e. The third-order valence-corrected chi connectivity index (χ3v) is 6.37. The molecule has 0 saturated heterocycles. The van der Waals surface area contributed by atoms with Gasteiger partial charge in [0.05, 0.1) is 0 Å². The van der Waals surface area contributed by atoms with Gasteiger partial charge >= 0.3 is 5.97 Å². The van der Waals surface area contributed by atoms with Crippen molar-refractivity contribution in [3.05, 3.63) is 35.9 Å². The molecule has 5 nitrogen and oxygen atoms in total. The molecule has 1 N–H and O–H groups in total. The van der Waals surface area contributed by atoms with E-state index in [1.807, 2.05) is 44.2 Å². The molecular weight excluding hydrogens is 339 g/mol. The Bertz CT molecular complexity index is 597. The SMILES string of the molecule is CCC(=O)[C@H](O[P@](=O)(CCCCc1ccccc1)CC(=O)O)C(C)C. The fraction of sp³-hybridized carbons (Fsp3) is 0.579. The summed E-state index contributed by atoms with van der Waals surface area (Å²) >= 11 is 0. The van der Waals surface area contributed by atoms with Gasteiger partial charge in [-0.3, -0.25) is 14.2 Å². The molecule has 0 bridgehead atoms. The lowest BCUT2D eigenvalue weighted by molar-refractivity contribution is -0.134. The van der Waals surface area contributed by atoms with Gasteiger partial charge in [0.25, 0.3) is 0 Å². The Kier molecular flexibility index (Phi) is 9.09. The number of carbonyl (C=O) groups excluding carboxylic acids is 1. The van der Waals surface area contributed by atoms with E-state index in [4.69, 9.17) is 9.63 Å². The molecule has 0 radical (unpaired) electrons. The van der Waals surface area contributed by atoms with E-state index in [0.29, 0.717) is 6.42 Å². The Morgan fingerprint density at radius 3 is 2.32 bits per heavy atom. The molecule has 0 unspecified atom stereocenters. The molecule has 0 aromatic heterocycles. The molecule has 0 aliphatic heterocycles. The molecule has 2 atom stereocenters. The van der Waals surface area contributed by atoms with E-state index >= 15 is 0 Å². The van der Waals surface area contributed by atoms with Crippen LogP contribution >= 0.6 is 7.37 Å². The number of ketones is 1. The van der Waals surface area contributed by atoms with Gasteiger partial charge in [-0.25, -0.2) is 0 Å². The normalized spacial score (nSPS) is 14.9. The fourth-order valence-electron chi connectivity index (χ4n) is 2.66. The van der Waals surface area contributed by atoms with E-state index in [2.05, 4.69) is 0 Å². The van der Waals surface area contributed by atoms with Gasteiger partial charge in [-0.1, -0.05) is 51.1 Å². The van der Waals surface area contributed by atoms with Crippen molar-refractivity contribution in [2.75, 3.05) is 12.3 Å². The van der Waals surface area contributed by atoms with Crippen LogP contribution in [0.25, 0.3) is 0 Å². The molecule has 1 aromatic carbocycles. The highest BCUT2D eigenvalue weighted by atomic mass is 31.2. The maximum Gasteiger partial charge on any atom is 0.313 e. The average molecular weight is 368 g/mol. The summed E-state index contributed by atoms with van der Waals surface area (Å²) in [6.07, 6.45) is 1.38. The van der Waals surface area contributed by atoms with E-state index in [1.165, 1.54) is 5.56 Å². The van der Waals surface area contributed by atoms with E-state index in [-0.39, 0.29) is 24.3 Å². The Balaban J connectivity index is 2.68. The first-order valence-electron chi connectivity index (χ1n) is 8.82. The minimum absolute atomic E-state index is 0.134. The molecule has 140 valence electrons. The van der Waals surface area contributed by atoms with Gasteiger partial charge in [0.1, 0.15) is 12.3 Å². The fourth-order valence-corrected chi connectivity index (χ4v) is 4.89. The number of benzene rings is 1. The molecular formula is C19H29O5P. The van der Waals surface area contributed by atoms with Gasteiger partial charge in [0.2, 0.25) is 7.37 Å². The van der Waals surface area contributed by atoms with Crippen LogP contribution in [0.1, 0.15) is 45.6 Å². The predicted octanol–water partition coefficient (Wildman–Crippen LogP) is 4.39. The molecule has 0 aliphatic rings. The van der Waals surface area contributed by atoms with Crippen LogP contribution < -0.4 is 0 Å². The molecule has 0 spiro atoms. The summed E-state index contributed by atoms with van der Waals surface area (Å²) in [6.45, 7) is 5.36. The standard InChI is InChI=1S/C19H29O5P/c1-4-17(20)19(15(2)3)24-25(23,14-18(21)22)13-9-8-12-16-10-6-5-7-11-16/h5-7,10-11,15,19H,4,8-9,12-14H2,1-3H3,(H,21,22)/t19-,25-/m1/s1. The van der Waals surface area contributed by atoms with Gasteiger partial charge in [-0.05, 0) is 30.7 Å². The van der Waals surface area contributed by atoms with Crippen LogP contribution in [0.3, 0.4) is 0 Å². The highest BCUT2D eigenvalue weighted by molar-refractivity contribution is 7.59. The number of carboxylic acids is 1. The molecule has 0 heterocycles. The zero-order valence-electron chi connectivity index (χ0n) is 15.3. The summed E-state index contributed by atoms with van der Waals surface area (Å²) in [5, 5.41) is 9.09. The van der Waals surface area contributed by atoms with Crippen molar-refractivity contribution in [2.24, 2.45) is 5.92 Å². The van der Waals surface area contributed by atoms with Crippen LogP contribution in [0.4, 0.5) is 0 Å². The summed E-state index contributed by atoms with van der Waals surface area (Å²) in [7, 11) is -3.39. The third kappa shape index (κ3) is 7.98. The zero-order valence-corrected chi connectivity index (χ0v) is 16.2. The van der Waals surface area contributed by atoms with Crippen molar-refractivity contribution in [1.82, 2.24) is 0 Å². The molecule has 1 rings (SSSR count). The number of hydrogen-bond acceptors (Lipinski definition) is 4. The number of hydrogen-bond donors (Lipinski definition) is 1. The number of aliphatic carboxylic acids is 1. The lowest BCUT2D eigenvalue weighted by Gasteiger charge is -2.25. The van der Waals surface area contributed by atoms with Crippen LogP contribution in [0.5, 0.6) is 0 Å². The number of carbonyl (C=O) groups is 2. The minimum Gasteiger partial charge on any atom is -0.481 e. The second-order valence-corrected chi connectivity index (χ2v) is 9.23. The van der Waals surface area contributed by atoms with E-state index in [9.17, 15) is 14.2 Å². The van der Waals surface area contributed by atoms with Crippen LogP contribution in [0, 0.1) is 5.92 Å².